The van der Waals surface area contributed by atoms with Crippen LogP contribution < -0.4 is 5.32 Å². The third-order valence-corrected chi connectivity index (χ3v) is 3.42. The minimum absolute atomic E-state index is 0.117. The maximum atomic E-state index is 11.7. The summed E-state index contributed by atoms with van der Waals surface area (Å²) >= 11 is 0. The number of carbonyl (C=O) groups is 1. The average molecular weight is 250 g/mol. The van der Waals surface area contributed by atoms with Gasteiger partial charge in [-0.2, -0.15) is 0 Å². The zero-order valence-corrected chi connectivity index (χ0v) is 11.2. The van der Waals surface area contributed by atoms with Gasteiger partial charge in [0.15, 0.2) is 5.76 Å². The maximum absolute atomic E-state index is 11.7. The van der Waals surface area contributed by atoms with E-state index >= 15 is 0 Å². The van der Waals surface area contributed by atoms with Gasteiger partial charge in [-0.15, -0.1) is 0 Å². The fourth-order valence-corrected chi connectivity index (χ4v) is 2.46. The first-order chi connectivity index (χ1) is 8.65. The summed E-state index contributed by atoms with van der Waals surface area (Å²) in [6.07, 6.45) is 2.60. The number of hydrogen-bond donors (Lipinski definition) is 1. The molecule has 1 aliphatic rings. The molecule has 0 unspecified atom stereocenters. The molecule has 100 valence electrons. The van der Waals surface area contributed by atoms with Gasteiger partial charge in [0.2, 0.25) is 0 Å². The Hall–Kier alpha value is -1.29. The molecule has 0 spiro atoms. The third-order valence-electron chi connectivity index (χ3n) is 3.42. The Bertz CT molecular complexity index is 400. The molecule has 0 aliphatic carbocycles. The first-order valence-corrected chi connectivity index (χ1v) is 6.72. The van der Waals surface area contributed by atoms with Gasteiger partial charge in [-0.3, -0.25) is 4.79 Å². The number of carbonyl (C=O) groups excluding carboxylic acids is 1. The highest BCUT2D eigenvalue weighted by molar-refractivity contribution is 5.91. The lowest BCUT2D eigenvalue weighted by atomic mass is 10.0. The van der Waals surface area contributed by atoms with Crippen molar-refractivity contribution in [1.29, 1.82) is 0 Å². The van der Waals surface area contributed by atoms with Crippen LogP contribution in [0.3, 0.4) is 0 Å². The van der Waals surface area contributed by atoms with E-state index in [4.69, 9.17) is 4.42 Å². The molecule has 2 heterocycles. The lowest BCUT2D eigenvalue weighted by molar-refractivity contribution is 0.0915. The molecule has 2 rings (SSSR count). The number of amides is 1. The Kier molecular flexibility index (Phi) is 4.42. The number of likely N-dealkylation sites (tertiary alicyclic amines) is 1. The summed E-state index contributed by atoms with van der Waals surface area (Å²) in [5, 5.41) is 2.90. The Morgan fingerprint density at radius 1 is 1.56 bits per heavy atom. The molecule has 0 aromatic carbocycles. The third kappa shape index (κ3) is 3.60. The topological polar surface area (TPSA) is 45.5 Å². The lowest BCUT2D eigenvalue weighted by Crippen LogP contribution is -2.40. The molecule has 1 aromatic rings. The fourth-order valence-electron chi connectivity index (χ4n) is 2.46. The second kappa shape index (κ2) is 6.05. The van der Waals surface area contributed by atoms with Gasteiger partial charge in [0.05, 0.1) is 0 Å². The minimum Gasteiger partial charge on any atom is -0.456 e. The summed E-state index contributed by atoms with van der Waals surface area (Å²) < 4.78 is 5.28. The molecule has 0 saturated carbocycles. The molecule has 18 heavy (non-hydrogen) atoms. The van der Waals surface area contributed by atoms with Crippen molar-refractivity contribution in [3.8, 4) is 0 Å². The van der Waals surface area contributed by atoms with E-state index in [0.29, 0.717) is 12.3 Å². The number of aryl methyl sites for hydroxylation is 1. The number of hydrogen-bond acceptors (Lipinski definition) is 3. The van der Waals surface area contributed by atoms with E-state index in [2.05, 4.69) is 17.1 Å². The zero-order chi connectivity index (χ0) is 13.0. The van der Waals surface area contributed by atoms with E-state index in [0.717, 1.165) is 31.3 Å². The van der Waals surface area contributed by atoms with E-state index in [9.17, 15) is 4.79 Å². The smallest absolute Gasteiger partial charge is 0.287 e. The molecule has 1 amide bonds. The van der Waals surface area contributed by atoms with Crippen molar-refractivity contribution in [3.63, 3.8) is 0 Å². The molecule has 0 radical (unpaired) electrons. The van der Waals surface area contributed by atoms with Crippen molar-refractivity contribution in [3.05, 3.63) is 23.7 Å². The van der Waals surface area contributed by atoms with Crippen LogP contribution >= 0.6 is 0 Å². The molecular weight excluding hydrogens is 228 g/mol. The quantitative estimate of drug-likeness (QED) is 0.889. The number of nitrogens with zero attached hydrogens (tertiary/aromatic N) is 1. The van der Waals surface area contributed by atoms with Crippen LogP contribution in [0, 0.1) is 12.8 Å². The molecule has 4 nitrogen and oxygen atoms in total. The fraction of sp³-hybridized carbons (Fsp3) is 0.643. The molecular formula is C14H22N2O2. The van der Waals surface area contributed by atoms with Gasteiger partial charge in [-0.25, -0.2) is 0 Å². The van der Waals surface area contributed by atoms with Gasteiger partial charge in [-0.05, 0) is 44.4 Å². The molecule has 1 saturated heterocycles. The van der Waals surface area contributed by atoms with Gasteiger partial charge in [0, 0.05) is 19.6 Å². The molecule has 0 bridgehead atoms. The molecule has 1 aliphatic heterocycles. The van der Waals surface area contributed by atoms with Crippen molar-refractivity contribution in [2.24, 2.45) is 5.92 Å². The number of furan rings is 1. The van der Waals surface area contributed by atoms with Gasteiger partial charge >= 0.3 is 0 Å². The van der Waals surface area contributed by atoms with Crippen LogP contribution in [0.15, 0.2) is 16.5 Å². The van der Waals surface area contributed by atoms with Gasteiger partial charge in [-0.1, -0.05) is 6.92 Å². The van der Waals surface area contributed by atoms with Crippen LogP contribution in [0.25, 0.3) is 0 Å². The van der Waals surface area contributed by atoms with Crippen LogP contribution in [-0.4, -0.2) is 37.0 Å². The second-order valence-electron chi connectivity index (χ2n) is 5.21. The molecule has 1 fully saturated rings. The van der Waals surface area contributed by atoms with Crippen molar-refractivity contribution in [2.45, 2.75) is 26.7 Å². The zero-order valence-electron chi connectivity index (χ0n) is 11.2. The second-order valence-corrected chi connectivity index (χ2v) is 5.21. The number of nitrogens with one attached hydrogen (secondary N) is 1. The summed E-state index contributed by atoms with van der Waals surface area (Å²) in [7, 11) is 0. The Balaban J connectivity index is 1.70. The predicted molar refractivity (Wildman–Crippen MR) is 70.6 cm³/mol. The Morgan fingerprint density at radius 3 is 3.06 bits per heavy atom. The van der Waals surface area contributed by atoms with Gasteiger partial charge in [0.25, 0.3) is 5.91 Å². The highest BCUT2D eigenvalue weighted by Gasteiger charge is 2.16. The standard InChI is InChI=1S/C14H22N2O2/c1-11-4-3-8-16(10-11)9-7-15-14(17)13-6-5-12(2)18-13/h5-6,11H,3-4,7-10H2,1-2H3,(H,15,17)/t11-/m1/s1. The van der Waals surface area contributed by atoms with Crippen molar-refractivity contribution in [1.82, 2.24) is 10.2 Å². The van der Waals surface area contributed by atoms with Crippen LogP contribution in [0.2, 0.25) is 0 Å². The summed E-state index contributed by atoms with van der Waals surface area (Å²) in [6, 6.07) is 3.52. The molecule has 1 aromatic heterocycles. The van der Waals surface area contributed by atoms with Crippen molar-refractivity contribution in [2.75, 3.05) is 26.2 Å². The van der Waals surface area contributed by atoms with E-state index in [1.807, 2.05) is 6.92 Å². The average Bonchev–Trinajstić information content (AvgIpc) is 2.76. The number of piperidine rings is 1. The summed E-state index contributed by atoms with van der Waals surface area (Å²) in [5.74, 6) is 1.83. The summed E-state index contributed by atoms with van der Waals surface area (Å²) in [6.45, 7) is 8.04. The van der Waals surface area contributed by atoms with Crippen molar-refractivity contribution < 1.29 is 9.21 Å². The van der Waals surface area contributed by atoms with E-state index in [-0.39, 0.29) is 5.91 Å². The van der Waals surface area contributed by atoms with Crippen LogP contribution in [0.4, 0.5) is 0 Å². The minimum atomic E-state index is -0.117. The van der Waals surface area contributed by atoms with Crippen LogP contribution in [0.5, 0.6) is 0 Å². The normalized spacial score (nSPS) is 20.9. The van der Waals surface area contributed by atoms with Gasteiger partial charge < -0.3 is 14.6 Å². The predicted octanol–water partition coefficient (Wildman–Crippen LogP) is 2.05. The highest BCUT2D eigenvalue weighted by Crippen LogP contribution is 2.14. The van der Waals surface area contributed by atoms with E-state index in [1.54, 1.807) is 12.1 Å². The summed E-state index contributed by atoms with van der Waals surface area (Å²) in [5.41, 5.74) is 0. The molecule has 4 heteroatoms. The Labute approximate surface area is 108 Å². The summed E-state index contributed by atoms with van der Waals surface area (Å²) in [4.78, 5) is 14.2. The monoisotopic (exact) mass is 250 g/mol. The molecule has 1 atom stereocenters. The Morgan fingerprint density at radius 2 is 2.39 bits per heavy atom. The van der Waals surface area contributed by atoms with E-state index in [1.165, 1.54) is 12.8 Å². The first-order valence-electron chi connectivity index (χ1n) is 6.72. The van der Waals surface area contributed by atoms with E-state index < -0.39 is 0 Å². The van der Waals surface area contributed by atoms with Crippen molar-refractivity contribution >= 4 is 5.91 Å². The van der Waals surface area contributed by atoms with Crippen LogP contribution in [0.1, 0.15) is 36.1 Å². The maximum Gasteiger partial charge on any atom is 0.287 e. The largest absolute Gasteiger partial charge is 0.456 e. The first kappa shape index (κ1) is 13.1. The number of rotatable bonds is 4. The van der Waals surface area contributed by atoms with Gasteiger partial charge in [0.1, 0.15) is 5.76 Å². The lowest BCUT2D eigenvalue weighted by Gasteiger charge is -2.30. The molecule has 1 N–H and O–H groups in total. The SMILES string of the molecule is Cc1ccc(C(=O)NCCN2CCC[C@@H](C)C2)o1. The highest BCUT2D eigenvalue weighted by atomic mass is 16.3. The van der Waals surface area contributed by atoms with Crippen LogP contribution in [-0.2, 0) is 0 Å².